The number of amides is 3. The van der Waals surface area contributed by atoms with Gasteiger partial charge in [-0.3, -0.25) is 24.9 Å². The van der Waals surface area contributed by atoms with E-state index < -0.39 is 17.7 Å². The summed E-state index contributed by atoms with van der Waals surface area (Å²) in [6.07, 6.45) is 0. The zero-order chi connectivity index (χ0) is 26.8. The lowest BCUT2D eigenvalue weighted by atomic mass is 10.1. The van der Waals surface area contributed by atoms with Crippen LogP contribution in [0, 0.1) is 5.21 Å². The zero-order valence-corrected chi connectivity index (χ0v) is 20.9. The molecule has 10 nitrogen and oxygen atoms in total. The van der Waals surface area contributed by atoms with Crippen molar-refractivity contribution in [1.82, 2.24) is 4.98 Å². The zero-order valence-electron chi connectivity index (χ0n) is 19.3. The SMILES string of the molecule is O=C(Nc1nc(-c2cccc(N([O-])O)c2)cs1)c1ccc(NC2=C(Cl)C(=O)N(c3ccccc3)C2=O)cc1. The summed E-state index contributed by atoms with van der Waals surface area (Å²) in [6, 6.07) is 21.0. The number of carbonyl (C=O) groups excluding carboxylic acids is 3. The van der Waals surface area contributed by atoms with Gasteiger partial charge in [0.1, 0.15) is 10.7 Å². The van der Waals surface area contributed by atoms with Crippen molar-refractivity contribution in [2.24, 2.45) is 0 Å². The molecule has 2 heterocycles. The van der Waals surface area contributed by atoms with Crippen LogP contribution in [-0.4, -0.2) is 27.9 Å². The summed E-state index contributed by atoms with van der Waals surface area (Å²) in [7, 11) is 0. The van der Waals surface area contributed by atoms with Crippen LogP contribution in [0.3, 0.4) is 0 Å². The van der Waals surface area contributed by atoms with E-state index in [9.17, 15) is 19.6 Å². The van der Waals surface area contributed by atoms with Crippen LogP contribution in [0.15, 0.2) is 95.0 Å². The lowest BCUT2D eigenvalue weighted by Gasteiger charge is -2.21. The molecule has 1 aliphatic heterocycles. The van der Waals surface area contributed by atoms with Gasteiger partial charge in [0.15, 0.2) is 5.13 Å². The maximum atomic E-state index is 12.9. The topological polar surface area (TPSA) is 138 Å². The normalized spacial score (nSPS) is 13.2. The van der Waals surface area contributed by atoms with Crippen LogP contribution in [-0.2, 0) is 9.59 Å². The van der Waals surface area contributed by atoms with E-state index in [4.69, 9.17) is 16.8 Å². The highest BCUT2D eigenvalue weighted by atomic mass is 35.5. The standard InChI is InChI=1S/C26H17ClN5O5S/c27-21-22(25(35)31(24(21)34)18-6-2-1-3-7-18)28-17-11-9-15(10-12-17)23(33)30-26-29-20(14-38-26)16-5-4-8-19(13-16)32(36)37/h1-14,28,36H,(H,29,30,33)/q-1. The first-order chi connectivity index (χ1) is 18.3. The predicted molar refractivity (Wildman–Crippen MR) is 145 cm³/mol. The number of imide groups is 1. The summed E-state index contributed by atoms with van der Waals surface area (Å²) in [6.45, 7) is 0. The molecule has 0 radical (unpaired) electrons. The molecule has 5 rings (SSSR count). The Kier molecular flexibility index (Phi) is 6.90. The molecule has 3 amide bonds. The van der Waals surface area contributed by atoms with Gasteiger partial charge in [0, 0.05) is 22.2 Å². The number of halogens is 1. The van der Waals surface area contributed by atoms with E-state index in [1.807, 2.05) is 0 Å². The minimum atomic E-state index is -0.627. The van der Waals surface area contributed by atoms with Gasteiger partial charge in [0.2, 0.25) is 0 Å². The minimum absolute atomic E-state index is 0.0570. The maximum absolute atomic E-state index is 12.9. The monoisotopic (exact) mass is 546 g/mol. The van der Waals surface area contributed by atoms with Gasteiger partial charge in [0.05, 0.1) is 17.1 Å². The quantitative estimate of drug-likeness (QED) is 0.213. The van der Waals surface area contributed by atoms with Crippen molar-refractivity contribution >= 4 is 62.9 Å². The molecule has 3 aromatic carbocycles. The van der Waals surface area contributed by atoms with Crippen molar-refractivity contribution in [3.8, 4) is 11.3 Å². The number of rotatable bonds is 7. The Balaban J connectivity index is 1.25. The van der Waals surface area contributed by atoms with Gasteiger partial charge in [0.25, 0.3) is 17.7 Å². The van der Waals surface area contributed by atoms with Gasteiger partial charge in [-0.1, -0.05) is 41.9 Å². The maximum Gasteiger partial charge on any atom is 0.283 e. The summed E-state index contributed by atoms with van der Waals surface area (Å²) in [4.78, 5) is 43.5. The summed E-state index contributed by atoms with van der Waals surface area (Å²) in [5.41, 5.74) is 2.32. The third kappa shape index (κ3) is 4.99. The lowest BCUT2D eigenvalue weighted by Crippen LogP contribution is -2.32. The molecule has 0 bridgehead atoms. The molecule has 4 aromatic rings. The first-order valence-electron chi connectivity index (χ1n) is 11.1. The molecule has 0 unspecified atom stereocenters. The third-order valence-corrected chi connectivity index (χ3v) is 6.65. The van der Waals surface area contributed by atoms with Gasteiger partial charge in [-0.25, -0.2) is 9.88 Å². The van der Waals surface area contributed by atoms with Gasteiger partial charge in [-0.2, -0.15) is 0 Å². The van der Waals surface area contributed by atoms with E-state index >= 15 is 0 Å². The summed E-state index contributed by atoms with van der Waals surface area (Å²) >= 11 is 7.37. The minimum Gasteiger partial charge on any atom is -0.733 e. The second kappa shape index (κ2) is 10.4. The van der Waals surface area contributed by atoms with E-state index in [2.05, 4.69) is 15.6 Å². The Hall–Kier alpha value is -4.55. The molecule has 0 aliphatic carbocycles. The third-order valence-electron chi connectivity index (χ3n) is 5.55. The van der Waals surface area contributed by atoms with Gasteiger partial charge >= 0.3 is 0 Å². The lowest BCUT2D eigenvalue weighted by molar-refractivity contribution is -0.120. The molecule has 190 valence electrons. The number of carbonyl (C=O) groups is 3. The van der Waals surface area contributed by atoms with Gasteiger partial charge < -0.3 is 15.8 Å². The largest absolute Gasteiger partial charge is 0.733 e. The number of nitrogens with zero attached hydrogens (tertiary/aromatic N) is 3. The number of hydrogen-bond donors (Lipinski definition) is 3. The second-order valence-electron chi connectivity index (χ2n) is 7.99. The van der Waals surface area contributed by atoms with Crippen LogP contribution in [0.1, 0.15) is 10.4 Å². The van der Waals surface area contributed by atoms with Crippen LogP contribution >= 0.6 is 22.9 Å². The van der Waals surface area contributed by atoms with E-state index in [1.165, 1.54) is 23.5 Å². The Morgan fingerprint density at radius 1 is 1.00 bits per heavy atom. The average Bonchev–Trinajstić information content (AvgIpc) is 3.48. The number of nitrogens with one attached hydrogen (secondary N) is 2. The average molecular weight is 547 g/mol. The Labute approximate surface area is 224 Å². The van der Waals surface area contributed by atoms with E-state index in [0.717, 1.165) is 4.90 Å². The number of anilines is 4. The first-order valence-corrected chi connectivity index (χ1v) is 12.3. The number of hydrogen-bond acceptors (Lipinski definition) is 9. The van der Waals surface area contributed by atoms with Crippen LogP contribution in [0.25, 0.3) is 11.3 Å². The Morgan fingerprint density at radius 3 is 2.45 bits per heavy atom. The molecule has 0 atom stereocenters. The molecule has 0 saturated carbocycles. The predicted octanol–water partition coefficient (Wildman–Crippen LogP) is 5.19. The number of para-hydroxylation sites is 1. The number of thiazole rings is 1. The second-order valence-corrected chi connectivity index (χ2v) is 9.22. The molecule has 0 saturated heterocycles. The highest BCUT2D eigenvalue weighted by Crippen LogP contribution is 2.31. The molecular weight excluding hydrogens is 530 g/mol. The van der Waals surface area contributed by atoms with Crippen molar-refractivity contribution in [1.29, 1.82) is 0 Å². The fraction of sp³-hybridized carbons (Fsp3) is 0. The molecule has 1 aliphatic rings. The van der Waals surface area contributed by atoms with Crippen molar-refractivity contribution in [2.45, 2.75) is 0 Å². The van der Waals surface area contributed by atoms with Crippen LogP contribution in [0.2, 0.25) is 0 Å². The van der Waals surface area contributed by atoms with Gasteiger partial charge in [-0.05, 0) is 48.5 Å². The van der Waals surface area contributed by atoms with Crippen molar-refractivity contribution in [3.63, 3.8) is 0 Å². The fourth-order valence-electron chi connectivity index (χ4n) is 3.69. The molecule has 0 fully saturated rings. The Morgan fingerprint density at radius 2 is 1.74 bits per heavy atom. The van der Waals surface area contributed by atoms with Crippen molar-refractivity contribution < 1.29 is 19.6 Å². The van der Waals surface area contributed by atoms with Crippen LogP contribution in [0.5, 0.6) is 0 Å². The van der Waals surface area contributed by atoms with Crippen molar-refractivity contribution in [3.05, 3.63) is 106 Å². The molecule has 3 N–H and O–H groups in total. The Bertz CT molecular complexity index is 1570. The first kappa shape index (κ1) is 25.1. The molecular formula is C26H17ClN5O5S-. The number of benzene rings is 3. The van der Waals surface area contributed by atoms with E-state index in [1.54, 1.807) is 72.1 Å². The van der Waals surface area contributed by atoms with Crippen LogP contribution < -0.4 is 20.8 Å². The van der Waals surface area contributed by atoms with E-state index in [-0.39, 0.29) is 21.6 Å². The van der Waals surface area contributed by atoms with Crippen LogP contribution in [0.4, 0.5) is 22.2 Å². The summed E-state index contributed by atoms with van der Waals surface area (Å²) in [5, 5.41) is 27.4. The highest BCUT2D eigenvalue weighted by Gasteiger charge is 2.38. The molecule has 1 aromatic heterocycles. The van der Waals surface area contributed by atoms with E-state index in [0.29, 0.717) is 33.3 Å². The highest BCUT2D eigenvalue weighted by molar-refractivity contribution is 7.14. The smallest absolute Gasteiger partial charge is 0.283 e. The van der Waals surface area contributed by atoms with Crippen molar-refractivity contribution in [2.75, 3.05) is 20.8 Å². The van der Waals surface area contributed by atoms with Gasteiger partial charge in [-0.15, -0.1) is 11.3 Å². The molecule has 12 heteroatoms. The fourth-order valence-corrected chi connectivity index (χ4v) is 4.62. The summed E-state index contributed by atoms with van der Waals surface area (Å²) in [5.74, 6) is -1.62. The number of aromatic nitrogens is 1. The summed E-state index contributed by atoms with van der Waals surface area (Å²) < 4.78 is 0. The molecule has 0 spiro atoms. The molecule has 38 heavy (non-hydrogen) atoms.